The minimum absolute atomic E-state index is 0.0440. The standard InChI is InChI=1S/C15H21FN2O/c1-2-18-7-5-15(6-8-18)10-13(17)12-4-3-11(16)9-14(12)19-15/h3-4,9,13H,2,5-8,10,17H2,1H3/t13-/m1/s1. The fraction of sp³-hybridized carbons (Fsp3) is 0.600. The van der Waals surface area contributed by atoms with Gasteiger partial charge < -0.3 is 15.4 Å². The maximum atomic E-state index is 13.4. The summed E-state index contributed by atoms with van der Waals surface area (Å²) in [4.78, 5) is 2.42. The Morgan fingerprint density at radius 2 is 2.16 bits per heavy atom. The number of ether oxygens (including phenoxy) is 1. The van der Waals surface area contributed by atoms with Crippen molar-refractivity contribution >= 4 is 0 Å². The highest BCUT2D eigenvalue weighted by atomic mass is 19.1. The second-order valence-corrected chi connectivity index (χ2v) is 5.71. The van der Waals surface area contributed by atoms with E-state index < -0.39 is 0 Å². The first-order chi connectivity index (χ1) is 9.12. The molecule has 19 heavy (non-hydrogen) atoms. The molecule has 0 aliphatic carbocycles. The first-order valence-corrected chi connectivity index (χ1v) is 7.08. The van der Waals surface area contributed by atoms with Crippen molar-refractivity contribution in [3.05, 3.63) is 29.6 Å². The molecule has 4 heteroatoms. The summed E-state index contributed by atoms with van der Waals surface area (Å²) in [6, 6.07) is 4.64. The van der Waals surface area contributed by atoms with Crippen LogP contribution in [-0.4, -0.2) is 30.1 Å². The van der Waals surface area contributed by atoms with Crippen LogP contribution in [0.4, 0.5) is 4.39 Å². The van der Waals surface area contributed by atoms with E-state index in [1.165, 1.54) is 12.1 Å². The molecule has 1 aromatic carbocycles. The monoisotopic (exact) mass is 264 g/mol. The molecular formula is C15H21FN2O. The lowest BCUT2D eigenvalue weighted by Crippen LogP contribution is -2.51. The van der Waals surface area contributed by atoms with E-state index in [4.69, 9.17) is 10.5 Å². The molecule has 1 atom stereocenters. The zero-order valence-corrected chi connectivity index (χ0v) is 11.4. The summed E-state index contributed by atoms with van der Waals surface area (Å²) in [5.74, 6) is 0.387. The van der Waals surface area contributed by atoms with Crippen molar-refractivity contribution < 1.29 is 9.13 Å². The SMILES string of the molecule is CCN1CCC2(CC1)C[C@@H](N)c1ccc(F)cc1O2. The van der Waals surface area contributed by atoms with Gasteiger partial charge in [-0.05, 0) is 25.5 Å². The van der Waals surface area contributed by atoms with Gasteiger partial charge in [0.1, 0.15) is 17.2 Å². The third-order valence-corrected chi connectivity index (χ3v) is 4.51. The normalized spacial score (nSPS) is 25.9. The molecule has 3 rings (SSSR count). The summed E-state index contributed by atoms with van der Waals surface area (Å²) in [6.45, 7) is 5.32. The molecule has 0 radical (unpaired) electrons. The number of fused-ring (bicyclic) bond motifs is 1. The molecule has 2 aliphatic rings. The quantitative estimate of drug-likeness (QED) is 0.847. The van der Waals surface area contributed by atoms with Crippen LogP contribution < -0.4 is 10.5 Å². The van der Waals surface area contributed by atoms with E-state index in [9.17, 15) is 4.39 Å². The van der Waals surface area contributed by atoms with Crippen LogP contribution in [0.2, 0.25) is 0 Å². The van der Waals surface area contributed by atoms with E-state index in [1.807, 2.05) is 0 Å². The third kappa shape index (κ3) is 2.35. The summed E-state index contributed by atoms with van der Waals surface area (Å²) in [6.07, 6.45) is 2.79. The number of halogens is 1. The Morgan fingerprint density at radius 3 is 2.84 bits per heavy atom. The van der Waals surface area contributed by atoms with Crippen molar-refractivity contribution in [3.63, 3.8) is 0 Å². The number of nitrogens with zero attached hydrogens (tertiary/aromatic N) is 1. The Kier molecular flexibility index (Phi) is 3.23. The minimum Gasteiger partial charge on any atom is -0.487 e. The molecule has 0 bridgehead atoms. The van der Waals surface area contributed by atoms with E-state index in [1.54, 1.807) is 6.07 Å². The third-order valence-electron chi connectivity index (χ3n) is 4.51. The molecule has 104 valence electrons. The zero-order chi connectivity index (χ0) is 13.5. The highest BCUT2D eigenvalue weighted by molar-refractivity contribution is 5.39. The predicted molar refractivity (Wildman–Crippen MR) is 72.7 cm³/mol. The van der Waals surface area contributed by atoms with Gasteiger partial charge in [0, 0.05) is 37.2 Å². The van der Waals surface area contributed by atoms with Crippen molar-refractivity contribution in [3.8, 4) is 5.75 Å². The summed E-state index contributed by atoms with van der Waals surface area (Å²) >= 11 is 0. The van der Waals surface area contributed by atoms with Gasteiger partial charge in [0.25, 0.3) is 0 Å². The van der Waals surface area contributed by atoms with Gasteiger partial charge in [-0.1, -0.05) is 13.0 Å². The minimum atomic E-state index is -0.256. The Hall–Kier alpha value is -1.13. The fourth-order valence-corrected chi connectivity index (χ4v) is 3.27. The van der Waals surface area contributed by atoms with Crippen molar-refractivity contribution in [1.29, 1.82) is 0 Å². The molecule has 0 aromatic heterocycles. The van der Waals surface area contributed by atoms with Crippen LogP contribution in [0.1, 0.15) is 37.8 Å². The number of piperidine rings is 1. The lowest BCUT2D eigenvalue weighted by atomic mass is 9.81. The Bertz CT molecular complexity index is 469. The molecule has 2 N–H and O–H groups in total. The van der Waals surface area contributed by atoms with Gasteiger partial charge >= 0.3 is 0 Å². The maximum Gasteiger partial charge on any atom is 0.127 e. The van der Waals surface area contributed by atoms with Gasteiger partial charge in [0.2, 0.25) is 0 Å². The summed E-state index contributed by atoms with van der Waals surface area (Å²) in [5.41, 5.74) is 7.00. The smallest absolute Gasteiger partial charge is 0.127 e. The molecule has 0 saturated carbocycles. The molecule has 1 spiro atoms. The summed E-state index contributed by atoms with van der Waals surface area (Å²) < 4.78 is 19.5. The molecule has 2 aliphatic heterocycles. The van der Waals surface area contributed by atoms with Gasteiger partial charge in [0.05, 0.1) is 0 Å². The number of hydrogen-bond donors (Lipinski definition) is 1. The van der Waals surface area contributed by atoms with E-state index in [0.717, 1.165) is 44.5 Å². The van der Waals surface area contributed by atoms with E-state index in [-0.39, 0.29) is 17.5 Å². The van der Waals surface area contributed by atoms with Crippen LogP contribution in [0.25, 0.3) is 0 Å². The lowest BCUT2D eigenvalue weighted by molar-refractivity contribution is -0.0207. The second kappa shape index (κ2) is 4.76. The van der Waals surface area contributed by atoms with Crippen LogP contribution in [0.3, 0.4) is 0 Å². The fourth-order valence-electron chi connectivity index (χ4n) is 3.27. The van der Waals surface area contributed by atoms with Crippen molar-refractivity contribution in [1.82, 2.24) is 4.90 Å². The first-order valence-electron chi connectivity index (χ1n) is 7.08. The van der Waals surface area contributed by atoms with Crippen molar-refractivity contribution in [2.75, 3.05) is 19.6 Å². The van der Waals surface area contributed by atoms with Crippen molar-refractivity contribution in [2.24, 2.45) is 5.73 Å². The molecule has 2 heterocycles. The van der Waals surface area contributed by atoms with Gasteiger partial charge in [-0.2, -0.15) is 0 Å². The van der Waals surface area contributed by atoms with E-state index >= 15 is 0 Å². The van der Waals surface area contributed by atoms with Crippen LogP contribution >= 0.6 is 0 Å². The number of benzene rings is 1. The number of likely N-dealkylation sites (tertiary alicyclic amines) is 1. The van der Waals surface area contributed by atoms with Crippen LogP contribution in [-0.2, 0) is 0 Å². The second-order valence-electron chi connectivity index (χ2n) is 5.71. The molecule has 3 nitrogen and oxygen atoms in total. The lowest BCUT2D eigenvalue weighted by Gasteiger charge is -2.46. The number of nitrogens with two attached hydrogens (primary N) is 1. The summed E-state index contributed by atoms with van der Waals surface area (Å²) in [5, 5.41) is 0. The number of rotatable bonds is 1. The van der Waals surface area contributed by atoms with Gasteiger partial charge in [-0.15, -0.1) is 0 Å². The molecule has 0 amide bonds. The summed E-state index contributed by atoms with van der Waals surface area (Å²) in [7, 11) is 0. The predicted octanol–water partition coefficient (Wildman–Crippen LogP) is 2.46. The topological polar surface area (TPSA) is 38.5 Å². The Balaban J connectivity index is 1.84. The molecule has 1 aromatic rings. The van der Waals surface area contributed by atoms with Crippen LogP contribution in [0.15, 0.2) is 18.2 Å². The van der Waals surface area contributed by atoms with Crippen LogP contribution in [0.5, 0.6) is 5.75 Å². The van der Waals surface area contributed by atoms with Crippen molar-refractivity contribution in [2.45, 2.75) is 37.8 Å². The average molecular weight is 264 g/mol. The van der Waals surface area contributed by atoms with Gasteiger partial charge in [-0.3, -0.25) is 0 Å². The van der Waals surface area contributed by atoms with Gasteiger partial charge in [-0.25, -0.2) is 4.39 Å². The number of hydrogen-bond acceptors (Lipinski definition) is 3. The van der Waals surface area contributed by atoms with E-state index in [0.29, 0.717) is 5.75 Å². The van der Waals surface area contributed by atoms with E-state index in [2.05, 4.69) is 11.8 Å². The zero-order valence-electron chi connectivity index (χ0n) is 11.4. The molecule has 0 unspecified atom stereocenters. The Labute approximate surface area is 113 Å². The maximum absolute atomic E-state index is 13.4. The largest absolute Gasteiger partial charge is 0.487 e. The first kappa shape index (κ1) is 12.9. The Morgan fingerprint density at radius 1 is 1.42 bits per heavy atom. The van der Waals surface area contributed by atoms with Crippen LogP contribution in [0, 0.1) is 5.82 Å². The van der Waals surface area contributed by atoms with Gasteiger partial charge in [0.15, 0.2) is 0 Å². The average Bonchev–Trinajstić information content (AvgIpc) is 2.39. The highest BCUT2D eigenvalue weighted by Crippen LogP contribution is 2.43. The molecule has 1 fully saturated rings. The molecular weight excluding hydrogens is 243 g/mol. The molecule has 1 saturated heterocycles. The highest BCUT2D eigenvalue weighted by Gasteiger charge is 2.42.